The van der Waals surface area contributed by atoms with Crippen LogP contribution in [-0.2, 0) is 15.7 Å². The maximum absolute atomic E-state index is 13.2. The number of fused-ring (bicyclic) bond motifs is 1. The molecule has 0 radical (unpaired) electrons. The Bertz CT molecular complexity index is 1220. The average molecular weight is 487 g/mol. The van der Waals surface area contributed by atoms with Crippen molar-refractivity contribution in [3.05, 3.63) is 76.3 Å². The average Bonchev–Trinajstić information content (AvgIpc) is 2.83. The van der Waals surface area contributed by atoms with Crippen LogP contribution in [-0.4, -0.2) is 29.6 Å². The minimum atomic E-state index is -4.82. The van der Waals surface area contributed by atoms with E-state index in [-0.39, 0.29) is 30.3 Å². The number of amides is 1. The van der Waals surface area contributed by atoms with Gasteiger partial charge >= 0.3 is 6.18 Å². The molecule has 1 amide bonds. The highest BCUT2D eigenvalue weighted by molar-refractivity contribution is 5.95. The minimum absolute atomic E-state index is 0.0904. The molecule has 3 aromatic rings. The Labute approximate surface area is 199 Å². The summed E-state index contributed by atoms with van der Waals surface area (Å²) in [6.45, 7) is -0.0904. The van der Waals surface area contributed by atoms with E-state index in [1.165, 1.54) is 6.07 Å². The molecule has 0 spiro atoms. The van der Waals surface area contributed by atoms with Crippen molar-refractivity contribution in [2.45, 2.75) is 44.0 Å². The maximum atomic E-state index is 13.2. The quantitative estimate of drug-likeness (QED) is 0.308. The number of carbonyl (C=O) groups excluding carboxylic acids is 1. The maximum Gasteiger partial charge on any atom is 0.423 e. The zero-order valence-electron chi connectivity index (χ0n) is 18.7. The Morgan fingerprint density at radius 1 is 0.971 bits per heavy atom. The van der Waals surface area contributed by atoms with Crippen LogP contribution < -0.4 is 10.6 Å². The van der Waals surface area contributed by atoms with E-state index < -0.39 is 22.4 Å². The Kier molecular flexibility index (Phi) is 7.20. The summed E-state index contributed by atoms with van der Waals surface area (Å²) in [5.74, 6) is -0.258. The van der Waals surface area contributed by atoms with Crippen LogP contribution in [0.4, 0.5) is 30.2 Å². The molecule has 0 aliphatic heterocycles. The summed E-state index contributed by atoms with van der Waals surface area (Å²) in [6, 6.07) is 16.3. The summed E-state index contributed by atoms with van der Waals surface area (Å²) in [4.78, 5) is 22.2. The Morgan fingerprint density at radius 3 is 2.34 bits per heavy atom. The largest absolute Gasteiger partial charge is 0.423 e. The van der Waals surface area contributed by atoms with Crippen molar-refractivity contribution in [2.24, 2.45) is 0 Å². The van der Waals surface area contributed by atoms with Gasteiger partial charge in [0.05, 0.1) is 11.0 Å². The molecule has 0 unspecified atom stereocenters. The summed E-state index contributed by atoms with van der Waals surface area (Å²) in [5.41, 5.74) is -1.38. The number of nitro benzene ring substituents is 1. The van der Waals surface area contributed by atoms with Gasteiger partial charge in [-0.2, -0.15) is 13.2 Å². The van der Waals surface area contributed by atoms with Gasteiger partial charge in [-0.05, 0) is 60.7 Å². The fourth-order valence-corrected chi connectivity index (χ4v) is 4.28. The standard InChI is InChI=1S/C25H24F3N3O4/c26-25(27,28)22-14-20(9-12-23(22)31(33)34)29-18-7-10-21(11-8-18)35-15-24(32)30-19-6-5-16-3-1-2-4-17(16)13-19/h1-6,9,12-14,18,21,29H,7-8,10-11,15H2,(H,30,32). The Morgan fingerprint density at radius 2 is 1.66 bits per heavy atom. The molecule has 1 aliphatic rings. The van der Waals surface area contributed by atoms with Crippen LogP contribution in [0, 0.1) is 10.1 Å². The molecule has 3 aromatic carbocycles. The molecule has 35 heavy (non-hydrogen) atoms. The lowest BCUT2D eigenvalue weighted by Gasteiger charge is -2.29. The lowest BCUT2D eigenvalue weighted by atomic mass is 9.92. The zero-order chi connectivity index (χ0) is 25.0. The number of nitrogens with zero attached hydrogens (tertiary/aromatic N) is 1. The van der Waals surface area contributed by atoms with Gasteiger partial charge in [-0.25, -0.2) is 0 Å². The van der Waals surface area contributed by atoms with E-state index >= 15 is 0 Å². The first kappa shape index (κ1) is 24.5. The van der Waals surface area contributed by atoms with Gasteiger partial charge in [0.2, 0.25) is 5.91 Å². The van der Waals surface area contributed by atoms with Gasteiger partial charge in [0.25, 0.3) is 5.69 Å². The number of ether oxygens (including phenoxy) is 1. The van der Waals surface area contributed by atoms with Gasteiger partial charge in [0.1, 0.15) is 12.2 Å². The molecule has 0 aromatic heterocycles. The van der Waals surface area contributed by atoms with E-state index in [4.69, 9.17) is 4.74 Å². The Hall–Kier alpha value is -3.66. The second-order valence-electron chi connectivity index (χ2n) is 8.53. The molecule has 184 valence electrons. The molecule has 10 heteroatoms. The van der Waals surface area contributed by atoms with Gasteiger partial charge in [0.15, 0.2) is 0 Å². The molecule has 0 heterocycles. The topological polar surface area (TPSA) is 93.5 Å². The smallest absolute Gasteiger partial charge is 0.382 e. The zero-order valence-corrected chi connectivity index (χ0v) is 18.7. The van der Waals surface area contributed by atoms with Crippen LogP contribution in [0.1, 0.15) is 31.2 Å². The van der Waals surface area contributed by atoms with E-state index in [1.54, 1.807) is 0 Å². The second-order valence-corrected chi connectivity index (χ2v) is 8.53. The van der Waals surface area contributed by atoms with Gasteiger partial charge in [0, 0.05) is 23.5 Å². The fraction of sp³-hybridized carbons (Fsp3) is 0.320. The molecule has 4 rings (SSSR count). The van der Waals surface area contributed by atoms with Gasteiger partial charge in [-0.3, -0.25) is 14.9 Å². The van der Waals surface area contributed by atoms with Gasteiger partial charge in [-0.15, -0.1) is 0 Å². The molecule has 1 saturated carbocycles. The van der Waals surface area contributed by atoms with Crippen LogP contribution >= 0.6 is 0 Å². The third-order valence-corrected chi connectivity index (χ3v) is 6.03. The number of nitrogens with one attached hydrogen (secondary N) is 2. The fourth-order valence-electron chi connectivity index (χ4n) is 4.28. The number of alkyl halides is 3. The second kappa shape index (κ2) is 10.3. The first-order valence-electron chi connectivity index (χ1n) is 11.2. The Balaban J connectivity index is 1.25. The number of anilines is 2. The molecule has 0 atom stereocenters. The predicted octanol–water partition coefficient (Wildman–Crippen LogP) is 6.15. The summed E-state index contributed by atoms with van der Waals surface area (Å²) in [5, 5.41) is 18.9. The van der Waals surface area contributed by atoms with Crippen molar-refractivity contribution >= 4 is 33.7 Å². The molecule has 1 aliphatic carbocycles. The lowest BCUT2D eigenvalue weighted by molar-refractivity contribution is -0.388. The number of hydrogen-bond donors (Lipinski definition) is 2. The van der Waals surface area contributed by atoms with E-state index in [9.17, 15) is 28.1 Å². The van der Waals surface area contributed by atoms with Crippen LogP contribution in [0.5, 0.6) is 0 Å². The molecule has 2 N–H and O–H groups in total. The first-order valence-corrected chi connectivity index (χ1v) is 11.2. The molecule has 7 nitrogen and oxygen atoms in total. The third-order valence-electron chi connectivity index (χ3n) is 6.03. The number of halogens is 3. The predicted molar refractivity (Wildman–Crippen MR) is 126 cm³/mol. The highest BCUT2D eigenvalue weighted by Gasteiger charge is 2.38. The number of hydrogen-bond acceptors (Lipinski definition) is 5. The first-order chi connectivity index (χ1) is 16.7. The van der Waals surface area contributed by atoms with Crippen LogP contribution in [0.25, 0.3) is 10.8 Å². The number of carbonyl (C=O) groups is 1. The van der Waals surface area contributed by atoms with Crippen molar-refractivity contribution in [3.63, 3.8) is 0 Å². The summed E-state index contributed by atoms with van der Waals surface area (Å²) >= 11 is 0. The van der Waals surface area contributed by atoms with Crippen molar-refractivity contribution in [2.75, 3.05) is 17.2 Å². The molecule has 0 bridgehead atoms. The highest BCUT2D eigenvalue weighted by Crippen LogP contribution is 2.38. The van der Waals surface area contributed by atoms with Crippen molar-refractivity contribution in [1.29, 1.82) is 0 Å². The monoisotopic (exact) mass is 487 g/mol. The minimum Gasteiger partial charge on any atom is -0.382 e. The SMILES string of the molecule is O=C(COC1CCC(Nc2ccc([N+](=O)[O-])c(C(F)(F)F)c2)CC1)Nc1ccc2ccccc2c1. The number of nitro groups is 1. The van der Waals surface area contributed by atoms with E-state index in [0.29, 0.717) is 31.4 Å². The highest BCUT2D eigenvalue weighted by atomic mass is 19.4. The van der Waals surface area contributed by atoms with Crippen LogP contribution in [0.3, 0.4) is 0 Å². The summed E-state index contributed by atoms with van der Waals surface area (Å²) in [6.07, 6.45) is -2.40. The molecular formula is C25H24F3N3O4. The molecular weight excluding hydrogens is 463 g/mol. The van der Waals surface area contributed by atoms with Crippen molar-refractivity contribution < 1.29 is 27.6 Å². The van der Waals surface area contributed by atoms with Gasteiger partial charge in [-0.1, -0.05) is 30.3 Å². The lowest BCUT2D eigenvalue weighted by Crippen LogP contribution is -2.31. The molecule has 1 fully saturated rings. The molecule has 0 saturated heterocycles. The van der Waals surface area contributed by atoms with Gasteiger partial charge < -0.3 is 15.4 Å². The van der Waals surface area contributed by atoms with Crippen LogP contribution in [0.15, 0.2) is 60.7 Å². The number of rotatable bonds is 7. The normalized spacial score (nSPS) is 18.3. The van der Waals surface area contributed by atoms with E-state index in [2.05, 4.69) is 10.6 Å². The van der Waals surface area contributed by atoms with Crippen LogP contribution in [0.2, 0.25) is 0 Å². The number of benzene rings is 3. The van der Waals surface area contributed by atoms with E-state index in [1.807, 2.05) is 42.5 Å². The van der Waals surface area contributed by atoms with Crippen molar-refractivity contribution in [1.82, 2.24) is 0 Å². The van der Waals surface area contributed by atoms with E-state index in [0.717, 1.165) is 22.9 Å². The summed E-state index contributed by atoms with van der Waals surface area (Å²) < 4.78 is 45.3. The van der Waals surface area contributed by atoms with Crippen molar-refractivity contribution in [3.8, 4) is 0 Å². The third kappa shape index (κ3) is 6.27. The summed E-state index contributed by atoms with van der Waals surface area (Å²) in [7, 11) is 0.